The van der Waals surface area contributed by atoms with Crippen molar-refractivity contribution in [2.75, 3.05) is 36.6 Å². The predicted molar refractivity (Wildman–Crippen MR) is 157 cm³/mol. The van der Waals surface area contributed by atoms with Gasteiger partial charge in [-0.25, -0.2) is 0 Å². The van der Waals surface area contributed by atoms with Gasteiger partial charge >= 0.3 is 11.9 Å². The van der Waals surface area contributed by atoms with E-state index in [0.29, 0.717) is 27.6 Å². The van der Waals surface area contributed by atoms with Crippen molar-refractivity contribution in [3.63, 3.8) is 0 Å². The third-order valence-electron chi connectivity index (χ3n) is 5.06. The van der Waals surface area contributed by atoms with E-state index >= 15 is 0 Å². The maximum absolute atomic E-state index is 13.4. The molecule has 1 saturated heterocycles. The smallest absolute Gasteiger partial charge is 0.303 e. The highest BCUT2D eigenvalue weighted by atomic mass is 127. The average molecular weight is 871 g/mol. The molecule has 1 heterocycles. The van der Waals surface area contributed by atoms with Gasteiger partial charge < -0.3 is 39.1 Å². The molecule has 1 atom stereocenters. The lowest BCUT2D eigenvalue weighted by Crippen LogP contribution is -2.42. The fraction of sp³-hybridized carbons (Fsp3) is 0.522. The van der Waals surface area contributed by atoms with Crippen molar-refractivity contribution in [3.05, 3.63) is 16.3 Å². The summed E-state index contributed by atoms with van der Waals surface area (Å²) in [6.45, 7) is 4.98. The molecule has 2 amide bonds. The van der Waals surface area contributed by atoms with Gasteiger partial charge in [0.15, 0.2) is 19.0 Å². The molecule has 0 saturated carbocycles. The highest BCUT2D eigenvalue weighted by molar-refractivity contribution is 14.1. The number of anilines is 2. The predicted octanol–water partition coefficient (Wildman–Crippen LogP) is 1.73. The summed E-state index contributed by atoms with van der Waals surface area (Å²) < 4.78 is 22.8. The van der Waals surface area contributed by atoms with Crippen LogP contribution in [0.25, 0.3) is 0 Å². The summed E-state index contributed by atoms with van der Waals surface area (Å²) in [5.74, 6) is -4.59. The topological polar surface area (TPSA) is 161 Å². The number of hydrogen-bond acceptors (Lipinski definition) is 10. The van der Waals surface area contributed by atoms with E-state index in [1.807, 2.05) is 67.8 Å². The number of carboxylic acids is 1. The molecular formula is C23H26I3N2O10-. The van der Waals surface area contributed by atoms with Gasteiger partial charge in [0, 0.05) is 27.0 Å². The molecule has 0 spiro atoms. The van der Waals surface area contributed by atoms with Crippen molar-refractivity contribution >= 4 is 109 Å². The molecule has 1 aromatic rings. The standard InChI is InChI=1S/C23H27I3N2O10/c1-11(29)35-9-15(31)27-21-18(24)14(5-6-17(33)34)19(25)22(20(21)26)28(16(32)10-36-12(2)30)7-13-8-37-23(3,4)38-13/h13H,5-10H2,1-4H3,(H,27,31)(H,33,34)/p-1. The van der Waals surface area contributed by atoms with Crippen LogP contribution in [0.5, 0.6) is 0 Å². The maximum Gasteiger partial charge on any atom is 0.303 e. The molecule has 210 valence electrons. The van der Waals surface area contributed by atoms with Crippen LogP contribution in [0.4, 0.5) is 11.4 Å². The fourth-order valence-electron chi connectivity index (χ4n) is 3.45. The SMILES string of the molecule is CC(=O)OCC(=O)Nc1c(I)c(CCC(=O)[O-])c(I)c(N(CC2COC(C)(C)O2)C(=O)COC(C)=O)c1I. The quantitative estimate of drug-likeness (QED) is 0.257. The molecular weight excluding hydrogens is 845 g/mol. The Morgan fingerprint density at radius 2 is 1.63 bits per heavy atom. The van der Waals surface area contributed by atoms with Gasteiger partial charge in [0.25, 0.3) is 11.8 Å². The Labute approximate surface area is 260 Å². The van der Waals surface area contributed by atoms with Crippen molar-refractivity contribution in [2.45, 2.75) is 52.4 Å². The zero-order valence-corrected chi connectivity index (χ0v) is 27.5. The Morgan fingerprint density at radius 3 is 2.16 bits per heavy atom. The Hall–Kier alpha value is -1.32. The Kier molecular flexibility index (Phi) is 12.4. The molecule has 1 unspecified atom stereocenters. The van der Waals surface area contributed by atoms with Crippen LogP contribution < -0.4 is 15.3 Å². The molecule has 1 aliphatic rings. The molecule has 1 aliphatic heterocycles. The highest BCUT2D eigenvalue weighted by Gasteiger charge is 2.37. The first-order valence-electron chi connectivity index (χ1n) is 11.2. The zero-order chi connectivity index (χ0) is 28.8. The number of halogens is 3. The normalized spacial score (nSPS) is 16.0. The number of ether oxygens (including phenoxy) is 4. The second kappa shape index (κ2) is 14.4. The lowest BCUT2D eigenvalue weighted by atomic mass is 10.1. The summed E-state index contributed by atoms with van der Waals surface area (Å²) in [5.41, 5.74) is 1.23. The number of amides is 2. The number of rotatable bonds is 11. The van der Waals surface area contributed by atoms with Gasteiger partial charge in [-0.2, -0.15) is 0 Å². The highest BCUT2D eigenvalue weighted by Crippen LogP contribution is 2.42. The molecule has 1 N–H and O–H groups in total. The Bertz CT molecular complexity index is 1130. The molecule has 1 fully saturated rings. The molecule has 0 bridgehead atoms. The van der Waals surface area contributed by atoms with Crippen LogP contribution >= 0.6 is 67.8 Å². The number of esters is 2. The van der Waals surface area contributed by atoms with Gasteiger partial charge in [0.05, 0.1) is 28.1 Å². The van der Waals surface area contributed by atoms with Crippen molar-refractivity contribution in [1.82, 2.24) is 0 Å². The van der Waals surface area contributed by atoms with Gasteiger partial charge in [-0.1, -0.05) is 0 Å². The first kappa shape index (κ1) is 32.9. The molecule has 1 aromatic carbocycles. The molecule has 2 rings (SSSR count). The van der Waals surface area contributed by atoms with Crippen LogP contribution in [0.1, 0.15) is 39.7 Å². The second-order valence-corrected chi connectivity index (χ2v) is 11.8. The molecule has 0 radical (unpaired) electrons. The van der Waals surface area contributed by atoms with Gasteiger partial charge in [0.1, 0.15) is 6.10 Å². The van der Waals surface area contributed by atoms with Crippen molar-refractivity contribution < 1.29 is 48.0 Å². The number of carboxylic acid groups (broad SMARTS) is 1. The van der Waals surface area contributed by atoms with E-state index in [2.05, 4.69) is 5.32 Å². The van der Waals surface area contributed by atoms with E-state index in [-0.39, 0.29) is 26.0 Å². The minimum Gasteiger partial charge on any atom is -0.550 e. The van der Waals surface area contributed by atoms with E-state index in [9.17, 15) is 29.1 Å². The van der Waals surface area contributed by atoms with Crippen LogP contribution in [0.15, 0.2) is 0 Å². The van der Waals surface area contributed by atoms with E-state index in [1.165, 1.54) is 18.7 Å². The Balaban J connectivity index is 2.63. The summed E-state index contributed by atoms with van der Waals surface area (Å²) in [6, 6.07) is 0. The van der Waals surface area contributed by atoms with E-state index in [0.717, 1.165) is 0 Å². The number of nitrogens with one attached hydrogen (secondary N) is 1. The van der Waals surface area contributed by atoms with E-state index in [4.69, 9.17) is 18.9 Å². The van der Waals surface area contributed by atoms with Gasteiger partial charge in [0.2, 0.25) is 0 Å². The zero-order valence-electron chi connectivity index (χ0n) is 21.0. The minimum atomic E-state index is -1.27. The van der Waals surface area contributed by atoms with Gasteiger partial charge in [-0.3, -0.25) is 19.2 Å². The summed E-state index contributed by atoms with van der Waals surface area (Å²) in [6.07, 6.45) is -0.773. The van der Waals surface area contributed by atoms with Crippen LogP contribution in [0.3, 0.4) is 0 Å². The minimum absolute atomic E-state index is 0.0247. The molecule has 12 nitrogen and oxygen atoms in total. The lowest BCUT2D eigenvalue weighted by Gasteiger charge is -2.30. The maximum atomic E-state index is 13.4. The van der Waals surface area contributed by atoms with Crippen LogP contribution in [-0.2, 0) is 49.3 Å². The number of carbonyl (C=O) groups is 5. The number of hydrogen-bond donors (Lipinski definition) is 1. The summed E-state index contributed by atoms with van der Waals surface area (Å²) in [4.78, 5) is 61.1. The third-order valence-corrected chi connectivity index (χ3v) is 8.46. The second-order valence-electron chi connectivity index (χ2n) is 8.58. The van der Waals surface area contributed by atoms with Crippen molar-refractivity contribution in [2.24, 2.45) is 0 Å². The fourth-order valence-corrected chi connectivity index (χ4v) is 8.01. The van der Waals surface area contributed by atoms with Gasteiger partial charge in [-0.05, 0) is 100 Å². The average Bonchev–Trinajstić information content (AvgIpc) is 3.16. The van der Waals surface area contributed by atoms with Crippen LogP contribution in [0.2, 0.25) is 0 Å². The summed E-state index contributed by atoms with van der Waals surface area (Å²) in [5, 5.41) is 14.0. The first-order chi connectivity index (χ1) is 17.6. The van der Waals surface area contributed by atoms with Gasteiger partial charge in [-0.15, -0.1) is 0 Å². The van der Waals surface area contributed by atoms with Crippen LogP contribution in [0, 0.1) is 10.7 Å². The van der Waals surface area contributed by atoms with Crippen LogP contribution in [-0.4, -0.2) is 68.0 Å². The van der Waals surface area contributed by atoms with Crippen molar-refractivity contribution in [3.8, 4) is 0 Å². The van der Waals surface area contributed by atoms with Crippen molar-refractivity contribution in [1.29, 1.82) is 0 Å². The number of benzene rings is 1. The number of nitrogens with zero attached hydrogens (tertiary/aromatic N) is 1. The third kappa shape index (κ3) is 9.40. The number of carbonyl (C=O) groups excluding carboxylic acids is 5. The Morgan fingerprint density at radius 1 is 1.03 bits per heavy atom. The molecule has 0 aromatic heterocycles. The van der Waals surface area contributed by atoms with E-state index < -0.39 is 54.8 Å². The molecule has 15 heteroatoms. The summed E-state index contributed by atoms with van der Waals surface area (Å²) >= 11 is 5.98. The summed E-state index contributed by atoms with van der Waals surface area (Å²) in [7, 11) is 0. The number of aliphatic carboxylic acids is 1. The first-order valence-corrected chi connectivity index (χ1v) is 14.4. The monoisotopic (exact) mass is 871 g/mol. The molecule has 38 heavy (non-hydrogen) atoms. The molecule has 0 aliphatic carbocycles. The largest absolute Gasteiger partial charge is 0.550 e. The lowest BCUT2D eigenvalue weighted by molar-refractivity contribution is -0.305. The van der Waals surface area contributed by atoms with E-state index in [1.54, 1.807) is 13.8 Å².